The second-order valence-corrected chi connectivity index (χ2v) is 5.75. The number of aryl methyl sites for hydroxylation is 1. The van der Waals surface area contributed by atoms with E-state index in [-0.39, 0.29) is 11.9 Å². The smallest absolute Gasteiger partial charge is 0.263 e. The third kappa shape index (κ3) is 2.33. The molecular formula is C16H15FN4O2. The zero-order valence-corrected chi connectivity index (χ0v) is 12.5. The number of β-amino-alcohol motifs (C(OH)–C–C–N with tert-alkyl or cyclic N) is 1. The van der Waals surface area contributed by atoms with E-state index in [4.69, 9.17) is 4.52 Å². The van der Waals surface area contributed by atoms with Crippen LogP contribution in [0.2, 0.25) is 0 Å². The second kappa shape index (κ2) is 5.27. The van der Waals surface area contributed by atoms with Gasteiger partial charge in [0.15, 0.2) is 0 Å². The molecule has 1 saturated heterocycles. The van der Waals surface area contributed by atoms with E-state index in [1.807, 2.05) is 11.8 Å². The minimum absolute atomic E-state index is 0.0852. The molecule has 1 aliphatic heterocycles. The van der Waals surface area contributed by atoms with Gasteiger partial charge in [0, 0.05) is 6.54 Å². The standard InChI is InChI=1S/C16H15FN4O2/c1-9-14-15(18-8-19-16(14)23-20-9)21-7-12(22)6-13(21)10-2-4-11(17)5-3-10/h2-5,8,12-13,22H,6-7H2,1H3. The van der Waals surface area contributed by atoms with E-state index in [0.717, 1.165) is 10.9 Å². The van der Waals surface area contributed by atoms with Crippen LogP contribution in [-0.2, 0) is 0 Å². The zero-order valence-electron chi connectivity index (χ0n) is 12.5. The predicted molar refractivity (Wildman–Crippen MR) is 81.4 cm³/mol. The number of anilines is 1. The molecule has 0 amide bonds. The van der Waals surface area contributed by atoms with Gasteiger partial charge < -0.3 is 14.5 Å². The summed E-state index contributed by atoms with van der Waals surface area (Å²) in [6.45, 7) is 2.27. The van der Waals surface area contributed by atoms with Crippen LogP contribution in [-0.4, -0.2) is 32.9 Å². The second-order valence-electron chi connectivity index (χ2n) is 5.75. The minimum Gasteiger partial charge on any atom is -0.391 e. The summed E-state index contributed by atoms with van der Waals surface area (Å²) in [6.07, 6.45) is 1.51. The molecule has 6 nitrogen and oxygen atoms in total. The maximum atomic E-state index is 13.2. The molecule has 0 radical (unpaired) electrons. The summed E-state index contributed by atoms with van der Waals surface area (Å²) < 4.78 is 18.4. The maximum absolute atomic E-state index is 13.2. The molecule has 7 heteroatoms. The van der Waals surface area contributed by atoms with Crippen molar-refractivity contribution < 1.29 is 14.0 Å². The summed E-state index contributed by atoms with van der Waals surface area (Å²) in [5.41, 5.74) is 2.06. The van der Waals surface area contributed by atoms with E-state index < -0.39 is 6.10 Å². The number of hydrogen-bond donors (Lipinski definition) is 1. The van der Waals surface area contributed by atoms with Crippen molar-refractivity contribution in [2.24, 2.45) is 0 Å². The van der Waals surface area contributed by atoms with Crippen molar-refractivity contribution in [2.75, 3.05) is 11.4 Å². The molecule has 3 aromatic rings. The first-order chi connectivity index (χ1) is 11.1. The number of rotatable bonds is 2. The number of benzene rings is 1. The molecule has 0 aliphatic carbocycles. The minimum atomic E-state index is -0.477. The summed E-state index contributed by atoms with van der Waals surface area (Å²) in [7, 11) is 0. The number of aromatic nitrogens is 3. The molecule has 1 N–H and O–H groups in total. The molecule has 3 heterocycles. The van der Waals surface area contributed by atoms with Gasteiger partial charge in [-0.2, -0.15) is 4.98 Å². The Bertz CT molecular complexity index is 849. The van der Waals surface area contributed by atoms with Crippen LogP contribution in [0.4, 0.5) is 10.2 Å². The van der Waals surface area contributed by atoms with Crippen LogP contribution in [0, 0.1) is 12.7 Å². The SMILES string of the molecule is Cc1noc2ncnc(N3CC(O)CC3c3ccc(F)cc3)c12. The monoisotopic (exact) mass is 314 g/mol. The van der Waals surface area contributed by atoms with Crippen molar-refractivity contribution in [1.82, 2.24) is 15.1 Å². The summed E-state index contributed by atoms with van der Waals surface area (Å²) in [6, 6.07) is 6.25. The Morgan fingerprint density at radius 1 is 1.26 bits per heavy atom. The van der Waals surface area contributed by atoms with E-state index in [0.29, 0.717) is 30.2 Å². The number of hydrogen-bond acceptors (Lipinski definition) is 6. The van der Waals surface area contributed by atoms with E-state index in [9.17, 15) is 9.50 Å². The fourth-order valence-corrected chi connectivity index (χ4v) is 3.17. The lowest BCUT2D eigenvalue weighted by molar-refractivity contribution is 0.194. The van der Waals surface area contributed by atoms with Crippen LogP contribution in [0.5, 0.6) is 0 Å². The van der Waals surface area contributed by atoms with Crippen molar-refractivity contribution in [3.63, 3.8) is 0 Å². The first-order valence-corrected chi connectivity index (χ1v) is 7.40. The summed E-state index contributed by atoms with van der Waals surface area (Å²) >= 11 is 0. The van der Waals surface area contributed by atoms with Crippen LogP contribution in [0.25, 0.3) is 11.1 Å². The number of nitrogens with zero attached hydrogens (tertiary/aromatic N) is 4. The Hall–Kier alpha value is -2.54. The molecule has 0 spiro atoms. The molecule has 0 saturated carbocycles. The van der Waals surface area contributed by atoms with E-state index in [2.05, 4.69) is 15.1 Å². The Balaban J connectivity index is 1.81. The molecule has 2 atom stereocenters. The largest absolute Gasteiger partial charge is 0.391 e. The topological polar surface area (TPSA) is 75.3 Å². The maximum Gasteiger partial charge on any atom is 0.263 e. The van der Waals surface area contributed by atoms with Crippen LogP contribution in [0.15, 0.2) is 35.1 Å². The Morgan fingerprint density at radius 2 is 2.04 bits per heavy atom. The number of aliphatic hydroxyl groups excluding tert-OH is 1. The number of halogens is 1. The summed E-state index contributed by atoms with van der Waals surface area (Å²) in [5, 5.41) is 14.8. The highest BCUT2D eigenvalue weighted by Gasteiger charge is 2.34. The van der Waals surface area contributed by atoms with Gasteiger partial charge in [-0.3, -0.25) is 0 Å². The third-order valence-electron chi connectivity index (χ3n) is 4.23. The molecule has 1 aromatic carbocycles. The average Bonchev–Trinajstić information content (AvgIpc) is 3.12. The molecule has 118 valence electrons. The van der Waals surface area contributed by atoms with Crippen LogP contribution >= 0.6 is 0 Å². The Labute approximate surface area is 131 Å². The third-order valence-corrected chi connectivity index (χ3v) is 4.23. The quantitative estimate of drug-likeness (QED) is 0.783. The van der Waals surface area contributed by atoms with Crippen molar-refractivity contribution in [1.29, 1.82) is 0 Å². The highest BCUT2D eigenvalue weighted by molar-refractivity contribution is 5.88. The zero-order chi connectivity index (χ0) is 16.0. The van der Waals surface area contributed by atoms with Crippen molar-refractivity contribution >= 4 is 16.9 Å². The van der Waals surface area contributed by atoms with E-state index in [1.54, 1.807) is 12.1 Å². The van der Waals surface area contributed by atoms with Gasteiger partial charge in [0.2, 0.25) is 0 Å². The molecule has 2 aromatic heterocycles. The van der Waals surface area contributed by atoms with Gasteiger partial charge in [-0.25, -0.2) is 9.37 Å². The van der Waals surface area contributed by atoms with E-state index >= 15 is 0 Å². The van der Waals surface area contributed by atoms with Gasteiger partial charge in [0.25, 0.3) is 5.71 Å². The van der Waals surface area contributed by atoms with E-state index in [1.165, 1.54) is 18.5 Å². The Kier molecular flexibility index (Phi) is 3.23. The number of aliphatic hydroxyl groups is 1. The van der Waals surface area contributed by atoms with Crippen molar-refractivity contribution in [2.45, 2.75) is 25.5 Å². The molecule has 23 heavy (non-hydrogen) atoms. The fraction of sp³-hybridized carbons (Fsp3) is 0.312. The fourth-order valence-electron chi connectivity index (χ4n) is 3.17. The van der Waals surface area contributed by atoms with Gasteiger partial charge in [0.05, 0.1) is 17.8 Å². The van der Waals surface area contributed by atoms with Crippen molar-refractivity contribution in [3.05, 3.63) is 47.7 Å². The lowest BCUT2D eigenvalue weighted by atomic mass is 10.0. The van der Waals surface area contributed by atoms with Crippen LogP contribution in [0.1, 0.15) is 23.7 Å². The summed E-state index contributed by atoms with van der Waals surface area (Å²) in [5.74, 6) is 0.401. The lowest BCUT2D eigenvalue weighted by Gasteiger charge is -2.26. The number of fused-ring (bicyclic) bond motifs is 1. The molecular weight excluding hydrogens is 299 g/mol. The van der Waals surface area contributed by atoms with Crippen molar-refractivity contribution in [3.8, 4) is 0 Å². The van der Waals surface area contributed by atoms with Gasteiger partial charge in [-0.1, -0.05) is 17.3 Å². The summed E-state index contributed by atoms with van der Waals surface area (Å²) in [4.78, 5) is 10.5. The molecule has 1 fully saturated rings. The van der Waals surface area contributed by atoms with Gasteiger partial charge >= 0.3 is 0 Å². The van der Waals surface area contributed by atoms with Crippen LogP contribution < -0.4 is 4.90 Å². The molecule has 2 unspecified atom stereocenters. The van der Waals surface area contributed by atoms with Gasteiger partial charge in [-0.05, 0) is 31.0 Å². The normalized spacial score (nSPS) is 21.3. The lowest BCUT2D eigenvalue weighted by Crippen LogP contribution is -2.25. The first kappa shape index (κ1) is 14.1. The molecule has 1 aliphatic rings. The van der Waals surface area contributed by atoms with Gasteiger partial charge in [0.1, 0.15) is 23.3 Å². The van der Waals surface area contributed by atoms with Crippen LogP contribution in [0.3, 0.4) is 0 Å². The highest BCUT2D eigenvalue weighted by atomic mass is 19.1. The first-order valence-electron chi connectivity index (χ1n) is 7.40. The molecule has 0 bridgehead atoms. The average molecular weight is 314 g/mol. The van der Waals surface area contributed by atoms with Gasteiger partial charge in [-0.15, -0.1) is 0 Å². The predicted octanol–water partition coefficient (Wildman–Crippen LogP) is 2.38. The molecule has 4 rings (SSSR count). The Morgan fingerprint density at radius 3 is 2.83 bits per heavy atom. The highest BCUT2D eigenvalue weighted by Crippen LogP contribution is 2.38.